The third kappa shape index (κ3) is 2.89. The van der Waals surface area contributed by atoms with Crippen LogP contribution in [-0.4, -0.2) is 24.0 Å². The number of nitrogens with one attached hydrogen (secondary N) is 1. The maximum Gasteiger partial charge on any atom is 0.157 e. The monoisotopic (exact) mass is 237 g/mol. The maximum absolute atomic E-state index is 11.2. The Bertz CT molecular complexity index is 318. The second-order valence-electron chi connectivity index (χ2n) is 5.21. The van der Waals surface area contributed by atoms with Gasteiger partial charge in [-0.05, 0) is 32.1 Å². The van der Waals surface area contributed by atoms with Crippen molar-refractivity contribution in [3.8, 4) is 0 Å². The van der Waals surface area contributed by atoms with Crippen LogP contribution < -0.4 is 5.32 Å². The highest BCUT2D eigenvalue weighted by Crippen LogP contribution is 2.32. The number of allylic oxidation sites excluding steroid dienone is 2. The van der Waals surface area contributed by atoms with Gasteiger partial charge in [0.2, 0.25) is 0 Å². The number of rotatable bonds is 4. The van der Waals surface area contributed by atoms with Crippen molar-refractivity contribution < 1.29 is 9.53 Å². The van der Waals surface area contributed by atoms with Gasteiger partial charge in [-0.1, -0.05) is 13.8 Å². The Morgan fingerprint density at radius 3 is 2.76 bits per heavy atom. The molecular formula is C14H23NO2. The number of carbonyl (C=O) groups excluding carboxylic acids is 1. The van der Waals surface area contributed by atoms with Gasteiger partial charge < -0.3 is 10.1 Å². The van der Waals surface area contributed by atoms with Gasteiger partial charge in [0, 0.05) is 30.8 Å². The van der Waals surface area contributed by atoms with E-state index in [1.54, 1.807) is 6.08 Å². The molecule has 2 aliphatic rings. The molecule has 1 aliphatic carbocycles. The van der Waals surface area contributed by atoms with Crippen molar-refractivity contribution in [2.75, 3.05) is 6.61 Å². The van der Waals surface area contributed by atoms with Gasteiger partial charge in [0.05, 0.1) is 5.60 Å². The van der Waals surface area contributed by atoms with E-state index < -0.39 is 0 Å². The van der Waals surface area contributed by atoms with Gasteiger partial charge in [0.15, 0.2) is 5.78 Å². The summed E-state index contributed by atoms with van der Waals surface area (Å²) in [7, 11) is 0. The molecule has 2 rings (SSSR count). The van der Waals surface area contributed by atoms with Crippen LogP contribution in [-0.2, 0) is 9.53 Å². The van der Waals surface area contributed by atoms with E-state index in [1.807, 2.05) is 0 Å². The van der Waals surface area contributed by atoms with E-state index in [2.05, 4.69) is 19.2 Å². The molecular weight excluding hydrogens is 214 g/mol. The summed E-state index contributed by atoms with van der Waals surface area (Å²) in [6.07, 6.45) is 7.59. The second-order valence-corrected chi connectivity index (χ2v) is 5.21. The first kappa shape index (κ1) is 12.6. The molecule has 0 aromatic heterocycles. The maximum atomic E-state index is 11.2. The van der Waals surface area contributed by atoms with Crippen LogP contribution in [0.2, 0.25) is 0 Å². The van der Waals surface area contributed by atoms with Gasteiger partial charge in [-0.15, -0.1) is 0 Å². The third-order valence-electron chi connectivity index (χ3n) is 4.15. The Hall–Kier alpha value is -0.830. The summed E-state index contributed by atoms with van der Waals surface area (Å²) >= 11 is 0. The lowest BCUT2D eigenvalue weighted by Gasteiger charge is -2.40. The molecule has 1 fully saturated rings. The number of hydrogen-bond acceptors (Lipinski definition) is 3. The lowest BCUT2D eigenvalue weighted by Crippen LogP contribution is -2.46. The minimum absolute atomic E-state index is 0.0547. The predicted molar refractivity (Wildman–Crippen MR) is 67.7 cm³/mol. The van der Waals surface area contributed by atoms with Crippen molar-refractivity contribution in [2.45, 2.75) is 64.0 Å². The summed E-state index contributed by atoms with van der Waals surface area (Å²) in [4.78, 5) is 11.2. The molecule has 0 aromatic rings. The fraction of sp³-hybridized carbons (Fsp3) is 0.786. The number of ether oxygens (including phenoxy) is 1. The zero-order valence-corrected chi connectivity index (χ0v) is 10.9. The molecule has 1 heterocycles. The molecule has 0 radical (unpaired) electrons. The zero-order chi connectivity index (χ0) is 12.3. The van der Waals surface area contributed by atoms with Crippen LogP contribution >= 0.6 is 0 Å². The highest BCUT2D eigenvalue weighted by molar-refractivity contribution is 5.92. The Labute approximate surface area is 104 Å². The summed E-state index contributed by atoms with van der Waals surface area (Å²) in [6, 6.07) is 0.473. The quantitative estimate of drug-likeness (QED) is 0.816. The topological polar surface area (TPSA) is 38.3 Å². The molecule has 1 unspecified atom stereocenters. The van der Waals surface area contributed by atoms with Gasteiger partial charge in [-0.2, -0.15) is 0 Å². The first-order valence-electron chi connectivity index (χ1n) is 6.81. The van der Waals surface area contributed by atoms with Crippen LogP contribution in [0.3, 0.4) is 0 Å². The summed E-state index contributed by atoms with van der Waals surface area (Å²) in [5.41, 5.74) is 1.18. The fourth-order valence-corrected chi connectivity index (χ4v) is 2.87. The lowest BCUT2D eigenvalue weighted by molar-refractivity contribution is -0.114. The smallest absolute Gasteiger partial charge is 0.157 e. The van der Waals surface area contributed by atoms with Crippen LogP contribution in [0.4, 0.5) is 0 Å². The molecule has 3 heteroatoms. The van der Waals surface area contributed by atoms with E-state index in [0.717, 1.165) is 44.4 Å². The van der Waals surface area contributed by atoms with Crippen LogP contribution in [0.25, 0.3) is 0 Å². The molecule has 1 atom stereocenters. The minimum Gasteiger partial charge on any atom is -0.385 e. The van der Waals surface area contributed by atoms with Crippen molar-refractivity contribution in [1.29, 1.82) is 0 Å². The molecule has 0 aromatic carbocycles. The third-order valence-corrected chi connectivity index (χ3v) is 4.15. The van der Waals surface area contributed by atoms with Crippen molar-refractivity contribution in [3.05, 3.63) is 11.8 Å². The molecule has 96 valence electrons. The number of ketones is 1. The van der Waals surface area contributed by atoms with E-state index in [1.165, 1.54) is 0 Å². The molecule has 1 aliphatic heterocycles. The first-order valence-corrected chi connectivity index (χ1v) is 6.81. The van der Waals surface area contributed by atoms with Gasteiger partial charge in [0.1, 0.15) is 0 Å². The summed E-state index contributed by atoms with van der Waals surface area (Å²) in [6.45, 7) is 5.23. The van der Waals surface area contributed by atoms with Gasteiger partial charge >= 0.3 is 0 Å². The fourth-order valence-electron chi connectivity index (χ4n) is 2.87. The molecule has 0 amide bonds. The van der Waals surface area contributed by atoms with Crippen molar-refractivity contribution >= 4 is 5.78 Å². The van der Waals surface area contributed by atoms with E-state index in [-0.39, 0.29) is 11.4 Å². The number of carbonyl (C=O) groups is 1. The van der Waals surface area contributed by atoms with E-state index in [9.17, 15) is 4.79 Å². The SMILES string of the molecule is CCC1(CC)CC(NC2=CC(=O)CC2)CCO1. The Kier molecular flexibility index (Phi) is 3.87. The number of hydrogen-bond donors (Lipinski definition) is 1. The lowest BCUT2D eigenvalue weighted by atomic mass is 9.86. The van der Waals surface area contributed by atoms with E-state index >= 15 is 0 Å². The molecule has 0 saturated carbocycles. The van der Waals surface area contributed by atoms with Crippen LogP contribution in [0.5, 0.6) is 0 Å². The summed E-state index contributed by atoms with van der Waals surface area (Å²) < 4.78 is 5.95. The van der Waals surface area contributed by atoms with Crippen LogP contribution in [0.1, 0.15) is 52.4 Å². The summed E-state index contributed by atoms with van der Waals surface area (Å²) in [5, 5.41) is 3.53. The largest absolute Gasteiger partial charge is 0.385 e. The van der Waals surface area contributed by atoms with Crippen LogP contribution in [0.15, 0.2) is 11.8 Å². The minimum atomic E-state index is 0.0547. The van der Waals surface area contributed by atoms with Crippen molar-refractivity contribution in [1.82, 2.24) is 5.32 Å². The molecule has 1 saturated heterocycles. The average molecular weight is 237 g/mol. The molecule has 3 nitrogen and oxygen atoms in total. The predicted octanol–water partition coefficient (Wildman–Crippen LogP) is 2.56. The van der Waals surface area contributed by atoms with Gasteiger partial charge in [-0.3, -0.25) is 4.79 Å². The van der Waals surface area contributed by atoms with Gasteiger partial charge in [0.25, 0.3) is 0 Å². The van der Waals surface area contributed by atoms with Crippen molar-refractivity contribution in [3.63, 3.8) is 0 Å². The standard InChI is InChI=1S/C14H23NO2/c1-3-14(4-2)10-12(7-8-17-14)15-11-5-6-13(16)9-11/h9,12,15H,3-8,10H2,1-2H3. The Balaban J connectivity index is 1.93. The summed E-state index contributed by atoms with van der Waals surface area (Å²) in [5.74, 6) is 0.261. The van der Waals surface area contributed by atoms with Gasteiger partial charge in [-0.25, -0.2) is 0 Å². The second kappa shape index (κ2) is 5.21. The Morgan fingerprint density at radius 2 is 2.18 bits per heavy atom. The zero-order valence-electron chi connectivity index (χ0n) is 10.9. The molecule has 17 heavy (non-hydrogen) atoms. The highest BCUT2D eigenvalue weighted by atomic mass is 16.5. The van der Waals surface area contributed by atoms with Crippen molar-refractivity contribution in [2.24, 2.45) is 0 Å². The highest BCUT2D eigenvalue weighted by Gasteiger charge is 2.34. The van der Waals surface area contributed by atoms with E-state index in [4.69, 9.17) is 4.74 Å². The molecule has 0 bridgehead atoms. The molecule has 1 N–H and O–H groups in total. The first-order chi connectivity index (χ1) is 8.17. The van der Waals surface area contributed by atoms with Crippen LogP contribution in [0, 0.1) is 0 Å². The Morgan fingerprint density at radius 1 is 1.41 bits per heavy atom. The molecule has 0 spiro atoms. The normalized spacial score (nSPS) is 28.0. The van der Waals surface area contributed by atoms with E-state index in [0.29, 0.717) is 12.5 Å². The average Bonchev–Trinajstić information content (AvgIpc) is 2.75.